The molecule has 7 heteroatoms. The SMILES string of the molecule is CCOc1cc(C2SCC(=O)Nc3c2c(C)nn3-c2ccc(C)cc2)ccc1O. The molecule has 29 heavy (non-hydrogen) atoms. The molecule has 3 aromatic rings. The van der Waals surface area contributed by atoms with Crippen LogP contribution in [0.5, 0.6) is 11.5 Å². The molecule has 0 spiro atoms. The number of thioether (sulfide) groups is 1. The largest absolute Gasteiger partial charge is 0.504 e. The van der Waals surface area contributed by atoms with E-state index < -0.39 is 0 Å². The minimum absolute atomic E-state index is 0.0594. The zero-order chi connectivity index (χ0) is 20.5. The van der Waals surface area contributed by atoms with Crippen LogP contribution >= 0.6 is 11.8 Å². The molecule has 0 saturated heterocycles. The summed E-state index contributed by atoms with van der Waals surface area (Å²) in [4.78, 5) is 12.5. The highest BCUT2D eigenvalue weighted by molar-refractivity contribution is 8.00. The molecule has 1 atom stereocenters. The molecule has 0 aliphatic carbocycles. The average molecular weight is 410 g/mol. The molecule has 0 radical (unpaired) electrons. The van der Waals surface area contributed by atoms with Crippen molar-refractivity contribution in [3.05, 3.63) is 64.8 Å². The van der Waals surface area contributed by atoms with Gasteiger partial charge in [-0.05, 0) is 50.6 Å². The third kappa shape index (κ3) is 3.70. The average Bonchev–Trinajstić information content (AvgIpc) is 2.90. The van der Waals surface area contributed by atoms with Crippen LogP contribution in [0.1, 0.15) is 34.6 Å². The van der Waals surface area contributed by atoms with E-state index in [1.54, 1.807) is 22.5 Å². The lowest BCUT2D eigenvalue weighted by molar-refractivity contribution is -0.113. The van der Waals surface area contributed by atoms with Crippen molar-refractivity contribution < 1.29 is 14.6 Å². The van der Waals surface area contributed by atoms with Gasteiger partial charge in [0.05, 0.1) is 29.0 Å². The van der Waals surface area contributed by atoms with Gasteiger partial charge in [-0.2, -0.15) is 5.10 Å². The van der Waals surface area contributed by atoms with Crippen LogP contribution in [0.15, 0.2) is 42.5 Å². The number of benzene rings is 2. The zero-order valence-corrected chi connectivity index (χ0v) is 17.4. The molecule has 0 bridgehead atoms. The van der Waals surface area contributed by atoms with Crippen molar-refractivity contribution >= 4 is 23.5 Å². The van der Waals surface area contributed by atoms with Gasteiger partial charge in [-0.15, -0.1) is 11.8 Å². The van der Waals surface area contributed by atoms with Gasteiger partial charge in [0, 0.05) is 5.56 Å². The summed E-state index contributed by atoms with van der Waals surface area (Å²) in [7, 11) is 0. The number of anilines is 1. The first kappa shape index (κ1) is 19.4. The summed E-state index contributed by atoms with van der Waals surface area (Å²) in [5.74, 6) is 1.51. The number of aryl methyl sites for hydroxylation is 2. The van der Waals surface area contributed by atoms with Gasteiger partial charge < -0.3 is 15.2 Å². The number of ether oxygens (including phenoxy) is 1. The van der Waals surface area contributed by atoms with Gasteiger partial charge >= 0.3 is 0 Å². The van der Waals surface area contributed by atoms with Crippen LogP contribution < -0.4 is 10.1 Å². The molecule has 150 valence electrons. The number of hydrogen-bond donors (Lipinski definition) is 2. The van der Waals surface area contributed by atoms with Crippen LogP contribution in [0.2, 0.25) is 0 Å². The number of nitrogens with one attached hydrogen (secondary N) is 1. The Kier molecular flexibility index (Phi) is 5.24. The van der Waals surface area contributed by atoms with Gasteiger partial charge in [0.15, 0.2) is 11.5 Å². The standard InChI is InChI=1S/C22H23N3O3S/c1-4-28-18-11-15(7-10-17(18)26)21-20-14(3)24-25(16-8-5-13(2)6-9-16)22(20)23-19(27)12-29-21/h5-11,21,26H,4,12H2,1-3H3,(H,23,27). The number of phenols is 1. The van der Waals surface area contributed by atoms with Crippen molar-refractivity contribution in [1.82, 2.24) is 9.78 Å². The summed E-state index contributed by atoms with van der Waals surface area (Å²) in [5, 5.41) is 17.7. The maximum atomic E-state index is 12.5. The Labute approximate surface area is 173 Å². The molecule has 4 rings (SSSR count). The van der Waals surface area contributed by atoms with Gasteiger partial charge in [-0.3, -0.25) is 4.79 Å². The van der Waals surface area contributed by atoms with Crippen molar-refractivity contribution in [1.29, 1.82) is 0 Å². The third-order valence-electron chi connectivity index (χ3n) is 4.87. The predicted molar refractivity (Wildman–Crippen MR) is 115 cm³/mol. The molecule has 0 fully saturated rings. The number of phenolic OH excluding ortho intramolecular Hbond substituents is 1. The fourth-order valence-corrected chi connectivity index (χ4v) is 4.66. The number of aromatic nitrogens is 2. The van der Waals surface area contributed by atoms with E-state index in [0.29, 0.717) is 23.9 Å². The minimum Gasteiger partial charge on any atom is -0.504 e. The number of nitrogens with zero attached hydrogens (tertiary/aromatic N) is 2. The summed E-state index contributed by atoms with van der Waals surface area (Å²) in [6.07, 6.45) is 0. The number of amides is 1. The molecule has 1 amide bonds. The van der Waals surface area contributed by atoms with Gasteiger partial charge in [0.25, 0.3) is 0 Å². The first-order valence-electron chi connectivity index (χ1n) is 9.51. The van der Waals surface area contributed by atoms with Gasteiger partial charge in [0.1, 0.15) is 5.82 Å². The van der Waals surface area contributed by atoms with Crippen LogP contribution in [-0.4, -0.2) is 33.2 Å². The topological polar surface area (TPSA) is 76.4 Å². The first-order chi connectivity index (χ1) is 14.0. The van der Waals surface area contributed by atoms with Crippen molar-refractivity contribution in [2.24, 2.45) is 0 Å². The zero-order valence-electron chi connectivity index (χ0n) is 16.6. The number of carbonyl (C=O) groups is 1. The predicted octanol–water partition coefficient (Wildman–Crippen LogP) is 4.37. The molecule has 2 heterocycles. The summed E-state index contributed by atoms with van der Waals surface area (Å²) < 4.78 is 7.36. The van der Waals surface area contributed by atoms with E-state index in [-0.39, 0.29) is 16.9 Å². The first-order valence-corrected chi connectivity index (χ1v) is 10.6. The van der Waals surface area contributed by atoms with E-state index in [1.165, 1.54) is 0 Å². The summed E-state index contributed by atoms with van der Waals surface area (Å²) in [6, 6.07) is 13.4. The fourth-order valence-electron chi connectivity index (χ4n) is 3.48. The third-order valence-corrected chi connectivity index (χ3v) is 6.14. The highest BCUT2D eigenvalue weighted by Gasteiger charge is 2.31. The number of aromatic hydroxyl groups is 1. The van der Waals surface area contributed by atoms with Crippen LogP contribution in [0.3, 0.4) is 0 Å². The van der Waals surface area contributed by atoms with E-state index >= 15 is 0 Å². The van der Waals surface area contributed by atoms with Gasteiger partial charge in [0.2, 0.25) is 5.91 Å². The lowest BCUT2D eigenvalue weighted by atomic mass is 10.0. The van der Waals surface area contributed by atoms with E-state index in [4.69, 9.17) is 9.84 Å². The van der Waals surface area contributed by atoms with Crippen LogP contribution in [-0.2, 0) is 4.79 Å². The van der Waals surface area contributed by atoms with Gasteiger partial charge in [-0.1, -0.05) is 23.8 Å². The second kappa shape index (κ2) is 7.83. The summed E-state index contributed by atoms with van der Waals surface area (Å²) in [5.41, 5.74) is 4.83. The maximum absolute atomic E-state index is 12.5. The van der Waals surface area contributed by atoms with E-state index in [2.05, 4.69) is 5.32 Å². The number of fused-ring (bicyclic) bond motifs is 1. The highest BCUT2D eigenvalue weighted by Crippen LogP contribution is 2.45. The molecule has 0 saturated carbocycles. The maximum Gasteiger partial charge on any atom is 0.235 e. The Morgan fingerprint density at radius 3 is 2.72 bits per heavy atom. The second-order valence-corrected chi connectivity index (χ2v) is 8.09. The van der Waals surface area contributed by atoms with Crippen molar-refractivity contribution in [3.8, 4) is 17.2 Å². The Morgan fingerprint density at radius 2 is 2.00 bits per heavy atom. The Bertz CT molecular complexity index is 1060. The molecule has 1 aliphatic rings. The molecular formula is C22H23N3O3S. The molecule has 1 aliphatic heterocycles. The molecule has 6 nitrogen and oxygen atoms in total. The highest BCUT2D eigenvalue weighted by atomic mass is 32.2. The second-order valence-electron chi connectivity index (χ2n) is 6.99. The molecule has 2 N–H and O–H groups in total. The van der Waals surface area contributed by atoms with Crippen molar-refractivity contribution in [2.75, 3.05) is 17.7 Å². The molecular weight excluding hydrogens is 386 g/mol. The molecule has 1 aromatic heterocycles. The lowest BCUT2D eigenvalue weighted by Gasteiger charge is -2.17. The number of carbonyl (C=O) groups excluding carboxylic acids is 1. The number of rotatable bonds is 4. The normalized spacial score (nSPS) is 16.1. The molecule has 2 aromatic carbocycles. The quantitative estimate of drug-likeness (QED) is 0.669. The Balaban J connectivity index is 1.85. The molecule has 1 unspecified atom stereocenters. The monoisotopic (exact) mass is 409 g/mol. The fraction of sp³-hybridized carbons (Fsp3) is 0.273. The minimum atomic E-state index is -0.108. The smallest absolute Gasteiger partial charge is 0.235 e. The summed E-state index contributed by atoms with van der Waals surface area (Å²) >= 11 is 1.54. The van der Waals surface area contributed by atoms with Gasteiger partial charge in [-0.25, -0.2) is 4.68 Å². The van der Waals surface area contributed by atoms with E-state index in [0.717, 1.165) is 28.1 Å². The lowest BCUT2D eigenvalue weighted by Crippen LogP contribution is -2.15. The van der Waals surface area contributed by atoms with Crippen LogP contribution in [0.25, 0.3) is 5.69 Å². The van der Waals surface area contributed by atoms with Crippen LogP contribution in [0.4, 0.5) is 5.82 Å². The Hall–Kier alpha value is -2.93. The van der Waals surface area contributed by atoms with E-state index in [1.807, 2.05) is 57.2 Å². The van der Waals surface area contributed by atoms with Crippen molar-refractivity contribution in [3.63, 3.8) is 0 Å². The van der Waals surface area contributed by atoms with Crippen LogP contribution in [0, 0.1) is 13.8 Å². The van der Waals surface area contributed by atoms with Crippen molar-refractivity contribution in [2.45, 2.75) is 26.0 Å². The Morgan fingerprint density at radius 1 is 1.24 bits per heavy atom. The number of hydrogen-bond acceptors (Lipinski definition) is 5. The summed E-state index contributed by atoms with van der Waals surface area (Å²) in [6.45, 7) is 6.33. The van der Waals surface area contributed by atoms with E-state index in [9.17, 15) is 9.90 Å².